The third-order valence-corrected chi connectivity index (χ3v) is 5.85. The number of nitrogens with zero attached hydrogens (tertiary/aromatic N) is 4. The lowest BCUT2D eigenvalue weighted by Crippen LogP contribution is -2.32. The van der Waals surface area contributed by atoms with Crippen LogP contribution < -0.4 is 14.8 Å². The van der Waals surface area contributed by atoms with E-state index in [1.165, 1.54) is 0 Å². The molecule has 0 fully saturated rings. The van der Waals surface area contributed by atoms with Gasteiger partial charge in [-0.05, 0) is 42.5 Å². The molecule has 34 heavy (non-hydrogen) atoms. The Hall–Kier alpha value is -3.92. The molecule has 2 heterocycles. The normalized spacial score (nSPS) is 11.7. The molecular formula is C24H26N6O3S. The predicted octanol–water partition coefficient (Wildman–Crippen LogP) is 3.65. The molecular weight excluding hydrogens is 452 g/mol. The van der Waals surface area contributed by atoms with Crippen molar-refractivity contribution in [2.45, 2.75) is 19.0 Å². The first-order valence-electron chi connectivity index (χ1n) is 10.7. The highest BCUT2D eigenvalue weighted by atomic mass is 32.1. The average molecular weight is 479 g/mol. The summed E-state index contributed by atoms with van der Waals surface area (Å²) in [7, 11) is 5.12. The third kappa shape index (κ3) is 4.86. The zero-order chi connectivity index (χ0) is 24.1. The number of carbonyl (C=O) groups is 1. The number of methoxy groups -OCH3 is 2. The summed E-state index contributed by atoms with van der Waals surface area (Å²) >= 11 is 5.41. The molecule has 0 bridgehead atoms. The van der Waals surface area contributed by atoms with E-state index in [4.69, 9.17) is 21.7 Å². The van der Waals surface area contributed by atoms with Gasteiger partial charge in [0.2, 0.25) is 5.91 Å². The van der Waals surface area contributed by atoms with E-state index < -0.39 is 6.04 Å². The van der Waals surface area contributed by atoms with E-state index in [1.54, 1.807) is 20.4 Å². The number of ether oxygens (including phenoxy) is 2. The van der Waals surface area contributed by atoms with Crippen molar-refractivity contribution >= 4 is 18.1 Å². The fraction of sp³-hybridized carbons (Fsp3) is 0.250. The largest absolute Gasteiger partial charge is 0.497 e. The van der Waals surface area contributed by atoms with Crippen LogP contribution in [0.3, 0.4) is 0 Å². The third-order valence-electron chi connectivity index (χ3n) is 5.54. The van der Waals surface area contributed by atoms with E-state index in [0.717, 1.165) is 16.9 Å². The second kappa shape index (κ2) is 10.3. The van der Waals surface area contributed by atoms with Gasteiger partial charge >= 0.3 is 0 Å². The first-order chi connectivity index (χ1) is 16.5. The smallest absolute Gasteiger partial charge is 0.222 e. The SMILES string of the molecule is COc1ccc(-c2n[nH]c(=S)n2CCC(=O)NC(c2ccccc2OC)c2nccn2C)cc1. The first-order valence-corrected chi connectivity index (χ1v) is 11.1. The van der Waals surface area contributed by atoms with Gasteiger partial charge in [0.05, 0.1) is 14.2 Å². The number of rotatable bonds is 9. The summed E-state index contributed by atoms with van der Waals surface area (Å²) in [4.78, 5) is 17.5. The maximum atomic E-state index is 13.1. The van der Waals surface area contributed by atoms with Crippen LogP contribution >= 0.6 is 12.2 Å². The maximum absolute atomic E-state index is 13.1. The van der Waals surface area contributed by atoms with Gasteiger partial charge in [0, 0.05) is 43.5 Å². The molecule has 4 aromatic rings. The van der Waals surface area contributed by atoms with Gasteiger partial charge in [-0.1, -0.05) is 18.2 Å². The molecule has 0 saturated heterocycles. The van der Waals surface area contributed by atoms with Gasteiger partial charge in [-0.15, -0.1) is 0 Å². The molecule has 0 aliphatic rings. The molecule has 2 aromatic heterocycles. The van der Waals surface area contributed by atoms with Gasteiger partial charge in [-0.2, -0.15) is 5.10 Å². The fourth-order valence-corrected chi connectivity index (χ4v) is 4.00. The standard InChI is InChI=1S/C24H26N6O3S/c1-29-15-13-25-23(29)21(18-6-4-5-7-19(18)33-3)26-20(31)12-14-30-22(27-28-24(30)34)16-8-10-17(32-2)11-9-16/h4-11,13,15,21H,12,14H2,1-3H3,(H,26,31)(H,28,34). The number of carbonyl (C=O) groups excluding carboxylic acids is 1. The predicted molar refractivity (Wildman–Crippen MR) is 130 cm³/mol. The Morgan fingerprint density at radius 1 is 1.15 bits per heavy atom. The van der Waals surface area contributed by atoms with Crippen LogP contribution in [-0.4, -0.2) is 44.4 Å². The molecule has 0 aliphatic heterocycles. The lowest BCUT2D eigenvalue weighted by molar-refractivity contribution is -0.121. The number of nitrogens with one attached hydrogen (secondary N) is 2. The maximum Gasteiger partial charge on any atom is 0.222 e. The minimum absolute atomic E-state index is 0.150. The lowest BCUT2D eigenvalue weighted by Gasteiger charge is -2.21. The summed E-state index contributed by atoms with van der Waals surface area (Å²) in [5.41, 5.74) is 1.69. The summed E-state index contributed by atoms with van der Waals surface area (Å²) in [5.74, 6) is 2.64. The highest BCUT2D eigenvalue weighted by molar-refractivity contribution is 7.71. The molecule has 1 atom stereocenters. The molecule has 0 radical (unpaired) electrons. The van der Waals surface area contributed by atoms with E-state index in [-0.39, 0.29) is 12.3 Å². The zero-order valence-corrected chi connectivity index (χ0v) is 20.0. The highest BCUT2D eigenvalue weighted by Crippen LogP contribution is 2.29. The monoisotopic (exact) mass is 478 g/mol. The number of imidazole rings is 1. The summed E-state index contributed by atoms with van der Waals surface area (Å²) in [6.07, 6.45) is 3.75. The van der Waals surface area contributed by atoms with Gasteiger partial charge in [-0.3, -0.25) is 14.5 Å². The second-order valence-electron chi connectivity index (χ2n) is 7.62. The van der Waals surface area contributed by atoms with Crippen molar-refractivity contribution in [3.8, 4) is 22.9 Å². The number of aromatic nitrogens is 5. The summed E-state index contributed by atoms with van der Waals surface area (Å²) in [6, 6.07) is 14.6. The summed E-state index contributed by atoms with van der Waals surface area (Å²) in [6.45, 7) is 0.363. The minimum atomic E-state index is -0.470. The Kier molecular flexibility index (Phi) is 7.07. The molecule has 4 rings (SSSR count). The number of aryl methyl sites for hydroxylation is 1. The van der Waals surface area contributed by atoms with Crippen molar-refractivity contribution in [3.63, 3.8) is 0 Å². The Bertz CT molecular complexity index is 1320. The molecule has 1 unspecified atom stereocenters. The molecule has 1 amide bonds. The van der Waals surface area contributed by atoms with Crippen LogP contribution in [0.4, 0.5) is 0 Å². The quantitative estimate of drug-likeness (QED) is 0.356. The highest BCUT2D eigenvalue weighted by Gasteiger charge is 2.24. The van der Waals surface area contributed by atoms with Crippen LogP contribution in [0.25, 0.3) is 11.4 Å². The van der Waals surface area contributed by atoms with Gasteiger partial charge in [-0.25, -0.2) is 4.98 Å². The van der Waals surface area contributed by atoms with E-state index >= 15 is 0 Å². The van der Waals surface area contributed by atoms with Gasteiger partial charge in [0.1, 0.15) is 23.4 Å². The van der Waals surface area contributed by atoms with E-state index in [1.807, 2.05) is 70.9 Å². The van der Waals surface area contributed by atoms with E-state index in [0.29, 0.717) is 28.7 Å². The van der Waals surface area contributed by atoms with Crippen molar-refractivity contribution < 1.29 is 14.3 Å². The number of hydrogen-bond donors (Lipinski definition) is 2. The van der Waals surface area contributed by atoms with Crippen molar-refractivity contribution in [1.82, 2.24) is 29.6 Å². The van der Waals surface area contributed by atoms with Gasteiger partial charge < -0.3 is 19.4 Å². The molecule has 176 valence electrons. The van der Waals surface area contributed by atoms with Crippen molar-refractivity contribution in [3.05, 3.63) is 77.1 Å². The first kappa shape index (κ1) is 23.2. The molecule has 0 saturated carbocycles. The fourth-order valence-electron chi connectivity index (χ4n) is 3.77. The molecule has 0 aliphatic carbocycles. The number of H-pyrrole nitrogens is 1. The Morgan fingerprint density at radius 2 is 1.91 bits per heavy atom. The number of aromatic amines is 1. The number of para-hydroxylation sites is 1. The molecule has 2 N–H and O–H groups in total. The minimum Gasteiger partial charge on any atom is -0.497 e. The number of amides is 1. The van der Waals surface area contributed by atoms with Crippen molar-refractivity contribution in [1.29, 1.82) is 0 Å². The molecule has 10 heteroatoms. The Balaban J connectivity index is 1.54. The van der Waals surface area contributed by atoms with E-state index in [2.05, 4.69) is 20.5 Å². The molecule has 0 spiro atoms. The van der Waals surface area contributed by atoms with Gasteiger partial charge in [0.15, 0.2) is 10.6 Å². The summed E-state index contributed by atoms with van der Waals surface area (Å²) in [5, 5.41) is 10.3. The Morgan fingerprint density at radius 3 is 2.59 bits per heavy atom. The summed E-state index contributed by atoms with van der Waals surface area (Å²) < 4.78 is 14.9. The lowest BCUT2D eigenvalue weighted by atomic mass is 10.0. The van der Waals surface area contributed by atoms with Crippen LogP contribution in [0.5, 0.6) is 11.5 Å². The van der Waals surface area contributed by atoms with Crippen LogP contribution in [0, 0.1) is 4.77 Å². The van der Waals surface area contributed by atoms with Crippen LogP contribution in [0.2, 0.25) is 0 Å². The van der Waals surface area contributed by atoms with Crippen LogP contribution in [0.1, 0.15) is 23.9 Å². The van der Waals surface area contributed by atoms with Crippen LogP contribution in [0.15, 0.2) is 60.9 Å². The number of hydrogen-bond acceptors (Lipinski definition) is 6. The number of benzene rings is 2. The molecule has 9 nitrogen and oxygen atoms in total. The van der Waals surface area contributed by atoms with Gasteiger partial charge in [0.25, 0.3) is 0 Å². The van der Waals surface area contributed by atoms with Crippen LogP contribution in [-0.2, 0) is 18.4 Å². The topological polar surface area (TPSA) is 99.0 Å². The van der Waals surface area contributed by atoms with Crippen molar-refractivity contribution in [2.24, 2.45) is 7.05 Å². The van der Waals surface area contributed by atoms with E-state index in [9.17, 15) is 4.79 Å². The van der Waals surface area contributed by atoms with Crippen molar-refractivity contribution in [2.75, 3.05) is 14.2 Å². The Labute approximate surface area is 202 Å². The second-order valence-corrected chi connectivity index (χ2v) is 8.01. The zero-order valence-electron chi connectivity index (χ0n) is 19.2. The molecule has 2 aromatic carbocycles. The average Bonchev–Trinajstić information content (AvgIpc) is 3.46.